The van der Waals surface area contributed by atoms with E-state index in [4.69, 9.17) is 0 Å². The van der Waals surface area contributed by atoms with E-state index in [1.807, 2.05) is 0 Å². The zero-order chi connectivity index (χ0) is 15.2. The second kappa shape index (κ2) is 5.40. The van der Waals surface area contributed by atoms with Gasteiger partial charge in [-0.25, -0.2) is 0 Å². The summed E-state index contributed by atoms with van der Waals surface area (Å²) in [6.07, 6.45) is 2.24. The van der Waals surface area contributed by atoms with Gasteiger partial charge in [0.05, 0.1) is 6.04 Å². The van der Waals surface area contributed by atoms with Crippen LogP contribution in [0.25, 0.3) is 0 Å². The highest BCUT2D eigenvalue weighted by atomic mass is 32.1. The lowest BCUT2D eigenvalue weighted by molar-refractivity contribution is -0.130. The summed E-state index contributed by atoms with van der Waals surface area (Å²) in [5, 5.41) is 5.67. The van der Waals surface area contributed by atoms with Gasteiger partial charge in [0.1, 0.15) is 6.17 Å². The average molecular weight is 306 g/mol. The number of carbonyl (C=O) groups excluding carboxylic acids is 1. The molecular formula is C17H26N2OS. The van der Waals surface area contributed by atoms with Crippen molar-refractivity contribution >= 4 is 17.2 Å². The number of carbonyl (C=O) groups is 1. The molecule has 0 spiro atoms. The molecule has 0 aromatic carbocycles. The topological polar surface area (TPSA) is 32.3 Å². The molecule has 4 heteroatoms. The summed E-state index contributed by atoms with van der Waals surface area (Å²) >= 11 is 1.74. The molecule has 2 heterocycles. The first kappa shape index (κ1) is 15.0. The van der Waals surface area contributed by atoms with E-state index in [-0.39, 0.29) is 12.2 Å². The summed E-state index contributed by atoms with van der Waals surface area (Å²) in [5.41, 5.74) is 0.413. The van der Waals surface area contributed by atoms with Gasteiger partial charge < -0.3 is 4.90 Å². The second-order valence-electron chi connectivity index (χ2n) is 7.65. The first-order chi connectivity index (χ1) is 9.88. The van der Waals surface area contributed by atoms with Crippen LogP contribution in [0.4, 0.5) is 0 Å². The minimum Gasteiger partial charge on any atom is -0.320 e. The van der Waals surface area contributed by atoms with Crippen molar-refractivity contribution in [3.8, 4) is 0 Å². The summed E-state index contributed by atoms with van der Waals surface area (Å²) in [7, 11) is 0. The number of nitrogens with one attached hydrogen (secondary N) is 1. The molecule has 0 radical (unpaired) electrons. The first-order valence-corrected chi connectivity index (χ1v) is 8.86. The van der Waals surface area contributed by atoms with Crippen molar-refractivity contribution in [1.82, 2.24) is 10.2 Å². The van der Waals surface area contributed by atoms with E-state index in [0.717, 1.165) is 13.0 Å². The number of thiophene rings is 1. The Morgan fingerprint density at radius 2 is 2.19 bits per heavy atom. The lowest BCUT2D eigenvalue weighted by Gasteiger charge is -2.24. The summed E-state index contributed by atoms with van der Waals surface area (Å²) in [6, 6.07) is 4.19. The van der Waals surface area contributed by atoms with Gasteiger partial charge >= 0.3 is 0 Å². The van der Waals surface area contributed by atoms with E-state index < -0.39 is 0 Å². The Labute approximate surface area is 131 Å². The number of nitrogens with zero attached hydrogens (tertiary/aromatic N) is 1. The summed E-state index contributed by atoms with van der Waals surface area (Å²) in [5.74, 6) is 1.49. The maximum atomic E-state index is 12.8. The highest BCUT2D eigenvalue weighted by Gasteiger charge is 2.50. The van der Waals surface area contributed by atoms with Crippen molar-refractivity contribution in [2.45, 2.75) is 52.7 Å². The Hall–Kier alpha value is -0.870. The normalized spacial score (nSPS) is 31.2. The fraction of sp³-hybridized carbons (Fsp3) is 0.706. The molecule has 1 aliphatic heterocycles. The van der Waals surface area contributed by atoms with Crippen LogP contribution in [0.15, 0.2) is 17.5 Å². The van der Waals surface area contributed by atoms with Crippen LogP contribution in [0.3, 0.4) is 0 Å². The fourth-order valence-electron chi connectivity index (χ4n) is 3.32. The molecular weight excluding hydrogens is 280 g/mol. The van der Waals surface area contributed by atoms with Gasteiger partial charge in [-0.2, -0.15) is 0 Å². The Morgan fingerprint density at radius 3 is 2.71 bits per heavy atom. The van der Waals surface area contributed by atoms with Crippen LogP contribution in [0, 0.1) is 17.3 Å². The monoisotopic (exact) mass is 306 g/mol. The van der Waals surface area contributed by atoms with Gasteiger partial charge in [0.2, 0.25) is 5.91 Å². The quantitative estimate of drug-likeness (QED) is 0.901. The molecule has 2 aliphatic rings. The molecule has 1 amide bonds. The molecule has 0 bridgehead atoms. The Kier molecular flexibility index (Phi) is 3.87. The zero-order valence-electron chi connectivity index (χ0n) is 13.4. The molecule has 1 N–H and O–H groups in total. The molecule has 1 aromatic rings. The zero-order valence-corrected chi connectivity index (χ0v) is 14.2. The van der Waals surface area contributed by atoms with Crippen LogP contribution in [0.2, 0.25) is 0 Å². The molecule has 2 fully saturated rings. The van der Waals surface area contributed by atoms with E-state index in [2.05, 4.69) is 55.4 Å². The summed E-state index contributed by atoms with van der Waals surface area (Å²) < 4.78 is 0. The Morgan fingerprint density at radius 1 is 1.48 bits per heavy atom. The van der Waals surface area contributed by atoms with E-state index in [1.165, 1.54) is 11.3 Å². The van der Waals surface area contributed by atoms with Crippen molar-refractivity contribution in [3.05, 3.63) is 22.4 Å². The molecule has 3 atom stereocenters. The van der Waals surface area contributed by atoms with E-state index in [1.54, 1.807) is 11.3 Å². The molecule has 1 saturated carbocycles. The Balaban J connectivity index is 1.77. The van der Waals surface area contributed by atoms with Gasteiger partial charge in [-0.15, -0.1) is 11.3 Å². The lowest BCUT2D eigenvalue weighted by Crippen LogP contribution is -2.33. The van der Waals surface area contributed by atoms with E-state index in [9.17, 15) is 4.79 Å². The molecule has 3 nitrogen and oxygen atoms in total. The van der Waals surface area contributed by atoms with Crippen molar-refractivity contribution in [2.24, 2.45) is 17.3 Å². The Bertz CT molecular complexity index is 509. The van der Waals surface area contributed by atoms with Gasteiger partial charge in [0, 0.05) is 11.4 Å². The fourth-order valence-corrected chi connectivity index (χ4v) is 4.12. The van der Waals surface area contributed by atoms with Crippen LogP contribution in [-0.2, 0) is 4.79 Å². The van der Waals surface area contributed by atoms with Gasteiger partial charge in [-0.3, -0.25) is 10.1 Å². The van der Waals surface area contributed by atoms with Gasteiger partial charge in [-0.05, 0) is 41.5 Å². The number of hydrogen-bond donors (Lipinski definition) is 1. The van der Waals surface area contributed by atoms with Gasteiger partial charge in [0.15, 0.2) is 0 Å². The summed E-state index contributed by atoms with van der Waals surface area (Å²) in [4.78, 5) is 16.1. The molecule has 1 saturated heterocycles. The summed E-state index contributed by atoms with van der Waals surface area (Å²) in [6.45, 7) is 9.87. The van der Waals surface area contributed by atoms with Gasteiger partial charge in [-0.1, -0.05) is 33.8 Å². The molecule has 1 aliphatic carbocycles. The van der Waals surface area contributed by atoms with E-state index >= 15 is 0 Å². The number of amides is 1. The predicted molar refractivity (Wildman–Crippen MR) is 87.0 cm³/mol. The molecule has 21 heavy (non-hydrogen) atoms. The maximum absolute atomic E-state index is 12.8. The standard InChI is InChI=1S/C17H26N2OS/c1-11(2)8-13-16(20)19(10-12-9-17(12,3)4)15(18-13)14-6-5-7-21-14/h5-7,11-13,15,18H,8-10H2,1-4H3. The number of rotatable bonds is 5. The van der Waals surface area contributed by atoms with Crippen LogP contribution < -0.4 is 5.32 Å². The third kappa shape index (κ3) is 3.02. The number of hydrogen-bond acceptors (Lipinski definition) is 3. The lowest BCUT2D eigenvalue weighted by atomic mass is 10.0. The van der Waals surface area contributed by atoms with Crippen molar-refractivity contribution in [1.29, 1.82) is 0 Å². The first-order valence-electron chi connectivity index (χ1n) is 7.98. The molecule has 1 aromatic heterocycles. The molecule has 3 unspecified atom stereocenters. The molecule has 3 rings (SSSR count). The van der Waals surface area contributed by atoms with Crippen LogP contribution in [-0.4, -0.2) is 23.4 Å². The van der Waals surface area contributed by atoms with Crippen molar-refractivity contribution < 1.29 is 4.79 Å². The SMILES string of the molecule is CC(C)CC1NC(c2cccs2)N(CC2CC2(C)C)C1=O. The van der Waals surface area contributed by atoms with E-state index in [0.29, 0.717) is 23.2 Å². The highest BCUT2D eigenvalue weighted by Crippen LogP contribution is 2.52. The largest absolute Gasteiger partial charge is 0.320 e. The average Bonchev–Trinajstić information content (AvgIpc) is 2.81. The minimum atomic E-state index is -0.0148. The molecule has 116 valence electrons. The third-order valence-electron chi connectivity index (χ3n) is 4.91. The predicted octanol–water partition coefficient (Wildman–Crippen LogP) is 3.64. The maximum Gasteiger partial charge on any atom is 0.241 e. The van der Waals surface area contributed by atoms with Gasteiger partial charge in [0.25, 0.3) is 0 Å². The van der Waals surface area contributed by atoms with Crippen LogP contribution >= 0.6 is 11.3 Å². The van der Waals surface area contributed by atoms with Crippen LogP contribution in [0.5, 0.6) is 0 Å². The smallest absolute Gasteiger partial charge is 0.241 e. The van der Waals surface area contributed by atoms with Crippen molar-refractivity contribution in [2.75, 3.05) is 6.54 Å². The van der Waals surface area contributed by atoms with Crippen LogP contribution in [0.1, 0.15) is 51.6 Å². The minimum absolute atomic E-state index is 0.0148. The third-order valence-corrected chi connectivity index (χ3v) is 5.83. The van der Waals surface area contributed by atoms with Crippen molar-refractivity contribution in [3.63, 3.8) is 0 Å². The second-order valence-corrected chi connectivity index (χ2v) is 8.63. The highest BCUT2D eigenvalue weighted by molar-refractivity contribution is 7.10.